The number of nitrogens with one attached hydrogen (secondary N) is 1. The van der Waals surface area contributed by atoms with Crippen LogP contribution in [-0.4, -0.2) is 33.5 Å². The SMILES string of the molecule is Cc1ccc(=O)n(C(C)(C)C(=O)NC(CC(N)=O)C(=O)O)c1. The highest BCUT2D eigenvalue weighted by Crippen LogP contribution is 2.14. The van der Waals surface area contributed by atoms with Crippen molar-refractivity contribution in [2.24, 2.45) is 5.73 Å². The third kappa shape index (κ3) is 3.94. The molecule has 1 aromatic heterocycles. The van der Waals surface area contributed by atoms with E-state index in [9.17, 15) is 19.2 Å². The number of carboxylic acid groups (broad SMARTS) is 1. The summed E-state index contributed by atoms with van der Waals surface area (Å²) in [5, 5.41) is 11.2. The van der Waals surface area contributed by atoms with Crippen molar-refractivity contribution in [3.05, 3.63) is 34.2 Å². The molecule has 2 amide bonds. The lowest BCUT2D eigenvalue weighted by molar-refractivity contribution is -0.144. The van der Waals surface area contributed by atoms with E-state index in [0.29, 0.717) is 0 Å². The summed E-state index contributed by atoms with van der Waals surface area (Å²) in [7, 11) is 0. The second-order valence-corrected chi connectivity index (χ2v) is 5.51. The Kier molecular flexibility index (Phi) is 5.08. The summed E-state index contributed by atoms with van der Waals surface area (Å²) in [5.74, 6) is -2.92. The number of amides is 2. The van der Waals surface area contributed by atoms with Crippen molar-refractivity contribution in [1.82, 2.24) is 9.88 Å². The Bertz CT molecular complexity index is 663. The molecule has 1 rings (SSSR count). The molecule has 8 heteroatoms. The molecule has 1 aromatic rings. The van der Waals surface area contributed by atoms with Crippen LogP contribution in [-0.2, 0) is 19.9 Å². The average molecular weight is 309 g/mol. The van der Waals surface area contributed by atoms with E-state index < -0.39 is 41.3 Å². The van der Waals surface area contributed by atoms with E-state index in [1.807, 2.05) is 0 Å². The number of carbonyl (C=O) groups is 3. The van der Waals surface area contributed by atoms with Crippen molar-refractivity contribution < 1.29 is 19.5 Å². The van der Waals surface area contributed by atoms with Crippen LogP contribution in [0.15, 0.2) is 23.1 Å². The quantitative estimate of drug-likeness (QED) is 0.641. The number of aliphatic carboxylic acids is 1. The molecule has 4 N–H and O–H groups in total. The number of nitrogens with zero attached hydrogens (tertiary/aromatic N) is 1. The van der Waals surface area contributed by atoms with Gasteiger partial charge < -0.3 is 20.7 Å². The molecule has 1 heterocycles. The molecule has 0 radical (unpaired) electrons. The Morgan fingerprint density at radius 2 is 1.95 bits per heavy atom. The van der Waals surface area contributed by atoms with Crippen molar-refractivity contribution in [1.29, 1.82) is 0 Å². The molecule has 0 bridgehead atoms. The summed E-state index contributed by atoms with van der Waals surface area (Å²) in [4.78, 5) is 46.2. The van der Waals surface area contributed by atoms with Crippen molar-refractivity contribution >= 4 is 17.8 Å². The normalized spacial score (nSPS) is 12.5. The van der Waals surface area contributed by atoms with Gasteiger partial charge in [0.1, 0.15) is 11.6 Å². The zero-order chi connectivity index (χ0) is 17.1. The molecule has 22 heavy (non-hydrogen) atoms. The standard InChI is InChI=1S/C14H19N3O5/c1-8-4-5-11(19)17(7-8)14(2,3)13(22)16-9(12(20)21)6-10(15)18/h4-5,7,9H,6H2,1-3H3,(H2,15,18)(H,16,22)(H,20,21). The highest BCUT2D eigenvalue weighted by atomic mass is 16.4. The fourth-order valence-corrected chi connectivity index (χ4v) is 1.88. The number of rotatable bonds is 6. The van der Waals surface area contributed by atoms with Gasteiger partial charge in [0.2, 0.25) is 11.8 Å². The smallest absolute Gasteiger partial charge is 0.326 e. The molecule has 0 aromatic carbocycles. The molecule has 0 saturated heterocycles. The molecular weight excluding hydrogens is 290 g/mol. The van der Waals surface area contributed by atoms with Crippen LogP contribution >= 0.6 is 0 Å². The Morgan fingerprint density at radius 3 is 2.45 bits per heavy atom. The van der Waals surface area contributed by atoms with Crippen LogP contribution in [0.25, 0.3) is 0 Å². The van der Waals surface area contributed by atoms with E-state index in [1.54, 1.807) is 13.0 Å². The Hall–Kier alpha value is -2.64. The van der Waals surface area contributed by atoms with Crippen molar-refractivity contribution in [3.8, 4) is 0 Å². The number of hydrogen-bond acceptors (Lipinski definition) is 4. The maximum absolute atomic E-state index is 12.3. The van der Waals surface area contributed by atoms with Gasteiger partial charge in [0, 0.05) is 12.3 Å². The van der Waals surface area contributed by atoms with Crippen LogP contribution in [0.5, 0.6) is 0 Å². The summed E-state index contributed by atoms with van der Waals surface area (Å²) in [5.41, 5.74) is 4.01. The predicted molar refractivity (Wildman–Crippen MR) is 78.1 cm³/mol. The Balaban J connectivity index is 3.08. The number of hydrogen-bond donors (Lipinski definition) is 3. The number of pyridine rings is 1. The van der Waals surface area contributed by atoms with Gasteiger partial charge in [-0.15, -0.1) is 0 Å². The molecule has 8 nitrogen and oxygen atoms in total. The van der Waals surface area contributed by atoms with Crippen LogP contribution in [0.4, 0.5) is 0 Å². The second-order valence-electron chi connectivity index (χ2n) is 5.51. The first-order valence-corrected chi connectivity index (χ1v) is 6.57. The topological polar surface area (TPSA) is 131 Å². The second kappa shape index (κ2) is 6.42. The van der Waals surface area contributed by atoms with E-state index >= 15 is 0 Å². The molecule has 120 valence electrons. The third-order valence-electron chi connectivity index (χ3n) is 3.23. The van der Waals surface area contributed by atoms with E-state index in [2.05, 4.69) is 5.32 Å². The first kappa shape index (κ1) is 17.4. The van der Waals surface area contributed by atoms with Gasteiger partial charge in [-0.1, -0.05) is 6.07 Å². The summed E-state index contributed by atoms with van der Waals surface area (Å²) >= 11 is 0. The van der Waals surface area contributed by atoms with Crippen molar-refractivity contribution in [3.63, 3.8) is 0 Å². The first-order chi connectivity index (χ1) is 10.1. The molecule has 0 spiro atoms. The molecule has 0 saturated carbocycles. The Labute approximate surface area is 126 Å². The molecule has 1 unspecified atom stereocenters. The summed E-state index contributed by atoms with van der Waals surface area (Å²) in [6.07, 6.45) is 0.978. The van der Waals surface area contributed by atoms with E-state index in [-0.39, 0.29) is 0 Å². The fraction of sp³-hybridized carbons (Fsp3) is 0.429. The van der Waals surface area contributed by atoms with E-state index in [0.717, 1.165) is 5.56 Å². The van der Waals surface area contributed by atoms with Crippen molar-refractivity contribution in [2.45, 2.75) is 38.8 Å². The molecule has 1 atom stereocenters. The van der Waals surface area contributed by atoms with Gasteiger partial charge in [0.15, 0.2) is 0 Å². The number of carboxylic acids is 1. The molecule has 0 aliphatic rings. The zero-order valence-corrected chi connectivity index (χ0v) is 12.6. The lowest BCUT2D eigenvalue weighted by Gasteiger charge is -2.28. The maximum Gasteiger partial charge on any atom is 0.326 e. The first-order valence-electron chi connectivity index (χ1n) is 6.57. The fourth-order valence-electron chi connectivity index (χ4n) is 1.88. The van der Waals surface area contributed by atoms with Crippen LogP contribution in [0.1, 0.15) is 25.8 Å². The summed E-state index contributed by atoms with van der Waals surface area (Å²) in [6, 6.07) is 1.49. The van der Waals surface area contributed by atoms with Gasteiger partial charge in [0.25, 0.3) is 5.56 Å². The van der Waals surface area contributed by atoms with Gasteiger partial charge in [0.05, 0.1) is 6.42 Å². The highest BCUT2D eigenvalue weighted by molar-refractivity contribution is 5.90. The number of nitrogens with two attached hydrogens (primary N) is 1. The number of aryl methyl sites for hydroxylation is 1. The van der Waals surface area contributed by atoms with Crippen molar-refractivity contribution in [2.75, 3.05) is 0 Å². The van der Waals surface area contributed by atoms with Gasteiger partial charge >= 0.3 is 5.97 Å². The largest absolute Gasteiger partial charge is 0.480 e. The summed E-state index contributed by atoms with van der Waals surface area (Å²) in [6.45, 7) is 4.72. The van der Waals surface area contributed by atoms with E-state index in [4.69, 9.17) is 10.8 Å². The number of primary amides is 1. The molecular formula is C14H19N3O5. The van der Waals surface area contributed by atoms with Crippen LogP contribution in [0.3, 0.4) is 0 Å². The molecule has 0 fully saturated rings. The average Bonchev–Trinajstić information content (AvgIpc) is 2.39. The lowest BCUT2D eigenvalue weighted by atomic mass is 10.0. The molecule has 0 aliphatic heterocycles. The Morgan fingerprint density at radius 1 is 1.36 bits per heavy atom. The number of carbonyl (C=O) groups excluding carboxylic acids is 2. The number of aromatic nitrogens is 1. The van der Waals surface area contributed by atoms with Gasteiger partial charge in [-0.05, 0) is 26.3 Å². The lowest BCUT2D eigenvalue weighted by Crippen LogP contribution is -2.53. The monoisotopic (exact) mass is 309 g/mol. The van der Waals surface area contributed by atoms with Gasteiger partial charge in [-0.25, -0.2) is 4.79 Å². The highest BCUT2D eigenvalue weighted by Gasteiger charge is 2.34. The van der Waals surface area contributed by atoms with Crippen LogP contribution < -0.4 is 16.6 Å². The van der Waals surface area contributed by atoms with Crippen LogP contribution in [0.2, 0.25) is 0 Å². The minimum absolute atomic E-state index is 0.396. The minimum Gasteiger partial charge on any atom is -0.480 e. The van der Waals surface area contributed by atoms with Gasteiger partial charge in [-0.2, -0.15) is 0 Å². The zero-order valence-electron chi connectivity index (χ0n) is 12.6. The predicted octanol–water partition coefficient (Wildman–Crippen LogP) is -0.663. The van der Waals surface area contributed by atoms with E-state index in [1.165, 1.54) is 30.7 Å². The molecule has 0 aliphatic carbocycles. The van der Waals surface area contributed by atoms with Gasteiger partial charge in [-0.3, -0.25) is 14.4 Å². The summed E-state index contributed by atoms with van der Waals surface area (Å²) < 4.78 is 1.21. The third-order valence-corrected chi connectivity index (χ3v) is 3.23. The van der Waals surface area contributed by atoms with Crippen LogP contribution in [0, 0.1) is 6.92 Å². The maximum atomic E-state index is 12.3. The minimum atomic E-state index is -1.44.